The summed E-state index contributed by atoms with van der Waals surface area (Å²) in [6.07, 6.45) is 5.44. The Balaban J connectivity index is 1.77. The number of aromatic amines is 1. The molecule has 2 aromatic heterocycles. The molecule has 0 aliphatic rings. The van der Waals surface area contributed by atoms with E-state index in [2.05, 4.69) is 45.3 Å². The average Bonchev–Trinajstić information content (AvgIpc) is 2.80. The number of hydrogen-bond donors (Lipinski definition) is 1. The first-order valence-corrected chi connectivity index (χ1v) is 5.73. The number of aromatic nitrogens is 3. The van der Waals surface area contributed by atoms with Crippen LogP contribution in [0.25, 0.3) is 11.0 Å². The predicted molar refractivity (Wildman–Crippen MR) is 67.7 cm³/mol. The number of fused-ring (bicyclic) bond motifs is 1. The minimum absolute atomic E-state index is 0.989. The van der Waals surface area contributed by atoms with E-state index >= 15 is 0 Å². The molecule has 1 N–H and O–H groups in total. The van der Waals surface area contributed by atoms with E-state index in [1.54, 1.807) is 6.33 Å². The van der Waals surface area contributed by atoms with Gasteiger partial charge in [-0.25, -0.2) is 9.97 Å². The second kappa shape index (κ2) is 4.37. The predicted octanol–water partition coefficient (Wildman–Crippen LogP) is 2.74. The SMILES string of the molecule is c1ccc(CCc2cc3ncncc3[nH]2)cc1. The molecule has 1 aromatic carbocycles. The molecule has 3 nitrogen and oxygen atoms in total. The van der Waals surface area contributed by atoms with Crippen LogP contribution in [0, 0.1) is 0 Å². The van der Waals surface area contributed by atoms with Gasteiger partial charge in [-0.3, -0.25) is 0 Å². The van der Waals surface area contributed by atoms with Crippen molar-refractivity contribution in [3.8, 4) is 0 Å². The van der Waals surface area contributed by atoms with Gasteiger partial charge < -0.3 is 4.98 Å². The number of H-pyrrole nitrogens is 1. The van der Waals surface area contributed by atoms with Gasteiger partial charge in [0.25, 0.3) is 0 Å². The zero-order valence-electron chi connectivity index (χ0n) is 9.43. The Kier molecular flexibility index (Phi) is 2.58. The minimum Gasteiger partial charge on any atom is -0.356 e. The smallest absolute Gasteiger partial charge is 0.116 e. The fourth-order valence-electron chi connectivity index (χ4n) is 1.98. The van der Waals surface area contributed by atoms with Gasteiger partial charge in [0.1, 0.15) is 6.33 Å². The van der Waals surface area contributed by atoms with Crippen molar-refractivity contribution < 1.29 is 0 Å². The van der Waals surface area contributed by atoms with E-state index in [9.17, 15) is 0 Å². The number of nitrogens with zero attached hydrogens (tertiary/aromatic N) is 2. The topological polar surface area (TPSA) is 41.6 Å². The van der Waals surface area contributed by atoms with Crippen LogP contribution in [0.5, 0.6) is 0 Å². The summed E-state index contributed by atoms with van der Waals surface area (Å²) in [6, 6.07) is 12.6. The van der Waals surface area contributed by atoms with Crippen molar-refractivity contribution in [1.29, 1.82) is 0 Å². The summed E-state index contributed by atoms with van der Waals surface area (Å²) in [5.41, 5.74) is 4.57. The second-order valence-corrected chi connectivity index (χ2v) is 4.10. The molecule has 0 fully saturated rings. The van der Waals surface area contributed by atoms with Crippen LogP contribution in [-0.4, -0.2) is 15.0 Å². The fraction of sp³-hybridized carbons (Fsp3) is 0.143. The molecule has 0 unspecified atom stereocenters. The Morgan fingerprint density at radius 1 is 1.06 bits per heavy atom. The summed E-state index contributed by atoms with van der Waals surface area (Å²) in [5.74, 6) is 0. The van der Waals surface area contributed by atoms with E-state index in [0.29, 0.717) is 0 Å². The molecule has 0 amide bonds. The van der Waals surface area contributed by atoms with Crippen molar-refractivity contribution >= 4 is 11.0 Å². The van der Waals surface area contributed by atoms with Crippen LogP contribution in [-0.2, 0) is 12.8 Å². The number of hydrogen-bond acceptors (Lipinski definition) is 2. The van der Waals surface area contributed by atoms with E-state index in [1.807, 2.05) is 12.3 Å². The maximum absolute atomic E-state index is 4.21. The summed E-state index contributed by atoms with van der Waals surface area (Å²) in [4.78, 5) is 11.6. The van der Waals surface area contributed by atoms with Crippen molar-refractivity contribution in [2.75, 3.05) is 0 Å². The van der Waals surface area contributed by atoms with Crippen molar-refractivity contribution in [1.82, 2.24) is 15.0 Å². The molecule has 0 radical (unpaired) electrons. The number of benzene rings is 1. The van der Waals surface area contributed by atoms with Gasteiger partial charge in [-0.05, 0) is 24.5 Å². The van der Waals surface area contributed by atoms with Gasteiger partial charge in [-0.2, -0.15) is 0 Å². The molecular weight excluding hydrogens is 210 g/mol. The van der Waals surface area contributed by atoms with Crippen molar-refractivity contribution in [3.63, 3.8) is 0 Å². The van der Waals surface area contributed by atoms with Gasteiger partial charge in [-0.15, -0.1) is 0 Å². The lowest BCUT2D eigenvalue weighted by Gasteiger charge is -1.98. The lowest BCUT2D eigenvalue weighted by molar-refractivity contribution is 0.930. The third kappa shape index (κ3) is 2.18. The summed E-state index contributed by atoms with van der Waals surface area (Å²) in [7, 11) is 0. The van der Waals surface area contributed by atoms with Crippen LogP contribution in [0.3, 0.4) is 0 Å². The first-order chi connectivity index (χ1) is 8.42. The van der Waals surface area contributed by atoms with E-state index in [1.165, 1.54) is 11.3 Å². The van der Waals surface area contributed by atoms with Gasteiger partial charge in [-0.1, -0.05) is 30.3 Å². The normalized spacial score (nSPS) is 10.8. The van der Waals surface area contributed by atoms with Crippen LogP contribution in [0.2, 0.25) is 0 Å². The molecule has 0 aliphatic heterocycles. The number of aryl methyl sites for hydroxylation is 2. The highest BCUT2D eigenvalue weighted by molar-refractivity contribution is 5.74. The minimum atomic E-state index is 0.989. The maximum atomic E-state index is 4.21. The quantitative estimate of drug-likeness (QED) is 0.741. The summed E-state index contributed by atoms with van der Waals surface area (Å²) in [5, 5.41) is 0. The maximum Gasteiger partial charge on any atom is 0.116 e. The van der Waals surface area contributed by atoms with Gasteiger partial charge in [0.15, 0.2) is 0 Å². The first kappa shape index (κ1) is 10.0. The van der Waals surface area contributed by atoms with Crippen LogP contribution < -0.4 is 0 Å². The van der Waals surface area contributed by atoms with Crippen molar-refractivity contribution in [2.45, 2.75) is 12.8 Å². The summed E-state index contributed by atoms with van der Waals surface area (Å²) in [6.45, 7) is 0. The molecule has 0 saturated heterocycles. The van der Waals surface area contributed by atoms with E-state index in [-0.39, 0.29) is 0 Å². The molecule has 0 atom stereocenters. The Morgan fingerprint density at radius 2 is 1.94 bits per heavy atom. The molecule has 84 valence electrons. The fourth-order valence-corrected chi connectivity index (χ4v) is 1.98. The zero-order valence-corrected chi connectivity index (χ0v) is 9.43. The van der Waals surface area contributed by atoms with E-state index < -0.39 is 0 Å². The molecule has 0 spiro atoms. The van der Waals surface area contributed by atoms with Crippen LogP contribution in [0.1, 0.15) is 11.3 Å². The lowest BCUT2D eigenvalue weighted by atomic mass is 10.1. The zero-order chi connectivity index (χ0) is 11.5. The van der Waals surface area contributed by atoms with Crippen molar-refractivity contribution in [3.05, 3.63) is 60.2 Å². The third-order valence-corrected chi connectivity index (χ3v) is 2.88. The highest BCUT2D eigenvalue weighted by Crippen LogP contribution is 2.13. The molecule has 0 saturated carbocycles. The van der Waals surface area contributed by atoms with Crippen LogP contribution >= 0.6 is 0 Å². The monoisotopic (exact) mass is 223 g/mol. The Hall–Kier alpha value is -2.16. The molecule has 17 heavy (non-hydrogen) atoms. The Bertz CT molecular complexity index is 580. The molecular formula is C14H13N3. The Morgan fingerprint density at radius 3 is 2.76 bits per heavy atom. The molecule has 2 heterocycles. The highest BCUT2D eigenvalue weighted by atomic mass is 14.9. The van der Waals surface area contributed by atoms with Gasteiger partial charge in [0, 0.05) is 5.69 Å². The molecule has 0 bridgehead atoms. The van der Waals surface area contributed by atoms with Crippen LogP contribution in [0.4, 0.5) is 0 Å². The number of rotatable bonds is 3. The molecule has 3 rings (SSSR count). The highest BCUT2D eigenvalue weighted by Gasteiger charge is 2.01. The average molecular weight is 223 g/mol. The molecule has 3 aromatic rings. The van der Waals surface area contributed by atoms with Gasteiger partial charge >= 0.3 is 0 Å². The largest absolute Gasteiger partial charge is 0.356 e. The summed E-state index contributed by atoms with van der Waals surface area (Å²) < 4.78 is 0. The third-order valence-electron chi connectivity index (χ3n) is 2.88. The Labute approximate surface area is 99.5 Å². The van der Waals surface area contributed by atoms with E-state index in [0.717, 1.165) is 23.9 Å². The number of nitrogens with one attached hydrogen (secondary N) is 1. The first-order valence-electron chi connectivity index (χ1n) is 5.73. The van der Waals surface area contributed by atoms with E-state index in [4.69, 9.17) is 0 Å². The molecule has 0 aliphatic carbocycles. The van der Waals surface area contributed by atoms with Gasteiger partial charge in [0.05, 0.1) is 17.2 Å². The molecule has 3 heteroatoms. The standard InChI is InChI=1S/C14H13N3/c1-2-4-11(5-3-1)6-7-12-8-13-14(17-12)9-15-10-16-13/h1-5,8-10,17H,6-7H2. The summed E-state index contributed by atoms with van der Waals surface area (Å²) >= 11 is 0. The second-order valence-electron chi connectivity index (χ2n) is 4.10. The van der Waals surface area contributed by atoms with Crippen LogP contribution in [0.15, 0.2) is 48.9 Å². The van der Waals surface area contributed by atoms with Gasteiger partial charge in [0.2, 0.25) is 0 Å². The lowest BCUT2D eigenvalue weighted by Crippen LogP contribution is -1.90. The van der Waals surface area contributed by atoms with Crippen molar-refractivity contribution in [2.24, 2.45) is 0 Å².